The van der Waals surface area contributed by atoms with Gasteiger partial charge in [0.1, 0.15) is 11.6 Å². The third-order valence-corrected chi connectivity index (χ3v) is 3.89. The van der Waals surface area contributed by atoms with E-state index >= 15 is 0 Å². The van der Waals surface area contributed by atoms with E-state index in [9.17, 15) is 5.11 Å². The van der Waals surface area contributed by atoms with Crippen LogP contribution >= 0.6 is 0 Å². The summed E-state index contributed by atoms with van der Waals surface area (Å²) in [6.07, 6.45) is 1.59. The van der Waals surface area contributed by atoms with E-state index in [2.05, 4.69) is 4.90 Å². The molecule has 0 bridgehead atoms. The van der Waals surface area contributed by atoms with Crippen LogP contribution in [0.1, 0.15) is 30.9 Å². The quantitative estimate of drug-likeness (QED) is 0.572. The molecule has 0 saturated carbocycles. The Labute approximate surface area is 119 Å². The molecular weight excluding hydrogens is 254 g/mol. The van der Waals surface area contributed by atoms with Crippen molar-refractivity contribution in [3.63, 3.8) is 0 Å². The van der Waals surface area contributed by atoms with Gasteiger partial charge in [0.25, 0.3) is 0 Å². The molecule has 2 rings (SSSR count). The summed E-state index contributed by atoms with van der Waals surface area (Å²) < 4.78 is 5.21. The van der Waals surface area contributed by atoms with Gasteiger partial charge in [-0.3, -0.25) is 10.3 Å². The zero-order valence-corrected chi connectivity index (χ0v) is 12.1. The van der Waals surface area contributed by atoms with Gasteiger partial charge in [0.15, 0.2) is 0 Å². The molecular formula is C15H23N3O2. The summed E-state index contributed by atoms with van der Waals surface area (Å²) >= 11 is 0. The van der Waals surface area contributed by atoms with Crippen molar-refractivity contribution in [3.05, 3.63) is 29.3 Å². The van der Waals surface area contributed by atoms with Crippen LogP contribution in [0.5, 0.6) is 5.75 Å². The Bertz CT molecular complexity index is 490. The van der Waals surface area contributed by atoms with E-state index in [1.54, 1.807) is 7.11 Å². The highest BCUT2D eigenvalue weighted by Crippen LogP contribution is 2.24. The summed E-state index contributed by atoms with van der Waals surface area (Å²) in [7, 11) is 1.58. The van der Waals surface area contributed by atoms with Gasteiger partial charge in [-0.05, 0) is 37.5 Å². The number of nitrogen functional groups attached to an aromatic ring is 1. The van der Waals surface area contributed by atoms with Crippen LogP contribution in [0.3, 0.4) is 0 Å². The molecule has 110 valence electrons. The number of likely N-dealkylation sites (tertiary alicyclic amines) is 1. The van der Waals surface area contributed by atoms with E-state index in [-0.39, 0.29) is 5.84 Å². The molecule has 5 heteroatoms. The second-order valence-electron chi connectivity index (χ2n) is 5.72. The molecule has 0 aliphatic carbocycles. The zero-order valence-electron chi connectivity index (χ0n) is 12.1. The van der Waals surface area contributed by atoms with E-state index < -0.39 is 5.60 Å². The molecule has 1 aromatic rings. The average Bonchev–Trinajstić information content (AvgIpc) is 2.41. The first-order valence-corrected chi connectivity index (χ1v) is 6.87. The van der Waals surface area contributed by atoms with E-state index in [4.69, 9.17) is 15.9 Å². The number of nitrogens with one attached hydrogen (secondary N) is 1. The molecule has 1 aliphatic heterocycles. The number of benzene rings is 1. The highest BCUT2D eigenvalue weighted by molar-refractivity contribution is 5.97. The molecule has 5 nitrogen and oxygen atoms in total. The molecule has 1 aromatic carbocycles. The molecule has 0 aromatic heterocycles. The Morgan fingerprint density at radius 3 is 2.65 bits per heavy atom. The molecule has 1 aliphatic rings. The van der Waals surface area contributed by atoms with Crippen LogP contribution in [0.2, 0.25) is 0 Å². The lowest BCUT2D eigenvalue weighted by Gasteiger charge is -2.35. The number of aliphatic hydroxyl groups is 1. The molecule has 1 heterocycles. The summed E-state index contributed by atoms with van der Waals surface area (Å²) in [5.41, 5.74) is 6.80. The van der Waals surface area contributed by atoms with Crippen LogP contribution in [-0.2, 0) is 6.54 Å². The van der Waals surface area contributed by atoms with Crippen LogP contribution < -0.4 is 10.5 Å². The van der Waals surface area contributed by atoms with Gasteiger partial charge in [0, 0.05) is 19.6 Å². The standard InChI is InChI=1S/C15H23N3O2/c1-15(19)5-7-18(8-6-15)10-11-3-4-13(20-2)12(9-11)14(16)17/h3-4,9,19H,5-8,10H2,1-2H3,(H3,16,17). The van der Waals surface area contributed by atoms with E-state index in [1.807, 2.05) is 25.1 Å². The summed E-state index contributed by atoms with van der Waals surface area (Å²) in [4.78, 5) is 2.31. The molecule has 0 radical (unpaired) electrons. The Balaban J connectivity index is 2.07. The third kappa shape index (κ3) is 3.49. The zero-order chi connectivity index (χ0) is 14.8. The van der Waals surface area contributed by atoms with Crippen molar-refractivity contribution >= 4 is 5.84 Å². The maximum Gasteiger partial charge on any atom is 0.129 e. The van der Waals surface area contributed by atoms with Crippen molar-refractivity contribution in [3.8, 4) is 5.75 Å². The van der Waals surface area contributed by atoms with Gasteiger partial charge in [-0.25, -0.2) is 0 Å². The first-order chi connectivity index (χ1) is 9.41. The highest BCUT2D eigenvalue weighted by atomic mass is 16.5. The molecule has 0 spiro atoms. The molecule has 1 saturated heterocycles. The third-order valence-electron chi connectivity index (χ3n) is 3.89. The van der Waals surface area contributed by atoms with Gasteiger partial charge in [-0.1, -0.05) is 6.07 Å². The van der Waals surface area contributed by atoms with Crippen LogP contribution in [-0.4, -0.2) is 41.6 Å². The lowest BCUT2D eigenvalue weighted by Crippen LogP contribution is -2.41. The molecule has 1 fully saturated rings. The van der Waals surface area contributed by atoms with Crippen molar-refractivity contribution in [1.29, 1.82) is 5.41 Å². The number of amidine groups is 1. The molecule has 0 unspecified atom stereocenters. The second kappa shape index (κ2) is 5.81. The molecule has 20 heavy (non-hydrogen) atoms. The number of ether oxygens (including phenoxy) is 1. The lowest BCUT2D eigenvalue weighted by atomic mass is 9.93. The number of piperidine rings is 1. The van der Waals surface area contributed by atoms with Crippen molar-refractivity contribution in [1.82, 2.24) is 4.90 Å². The Morgan fingerprint density at radius 2 is 2.10 bits per heavy atom. The van der Waals surface area contributed by atoms with Gasteiger partial charge in [0.2, 0.25) is 0 Å². The normalized spacial score (nSPS) is 18.8. The number of nitrogens with two attached hydrogens (primary N) is 1. The molecule has 4 N–H and O–H groups in total. The predicted molar refractivity (Wildman–Crippen MR) is 79.1 cm³/mol. The lowest BCUT2D eigenvalue weighted by molar-refractivity contribution is -0.00730. The van der Waals surface area contributed by atoms with Crippen LogP contribution in [0, 0.1) is 5.41 Å². The van der Waals surface area contributed by atoms with Crippen molar-refractivity contribution in [2.75, 3.05) is 20.2 Å². The van der Waals surface area contributed by atoms with E-state index in [1.165, 1.54) is 0 Å². The minimum atomic E-state index is -0.527. The largest absolute Gasteiger partial charge is 0.496 e. The van der Waals surface area contributed by atoms with Crippen molar-refractivity contribution in [2.45, 2.75) is 31.9 Å². The summed E-state index contributed by atoms with van der Waals surface area (Å²) in [6, 6.07) is 5.76. The Kier molecular flexibility index (Phi) is 4.30. The van der Waals surface area contributed by atoms with Crippen molar-refractivity contribution in [2.24, 2.45) is 5.73 Å². The smallest absolute Gasteiger partial charge is 0.129 e. The fraction of sp³-hybridized carbons (Fsp3) is 0.533. The number of methoxy groups -OCH3 is 1. The van der Waals surface area contributed by atoms with Gasteiger partial charge in [0.05, 0.1) is 18.3 Å². The number of nitrogens with zero attached hydrogens (tertiary/aromatic N) is 1. The average molecular weight is 277 g/mol. The fourth-order valence-electron chi connectivity index (χ4n) is 2.52. The van der Waals surface area contributed by atoms with Gasteiger partial charge in [-0.2, -0.15) is 0 Å². The minimum absolute atomic E-state index is 0.0188. The topological polar surface area (TPSA) is 82.6 Å². The van der Waals surface area contributed by atoms with Crippen LogP contribution in [0.15, 0.2) is 18.2 Å². The predicted octanol–water partition coefficient (Wildman–Crippen LogP) is 1.33. The molecule has 0 atom stereocenters. The van der Waals surface area contributed by atoms with E-state index in [0.29, 0.717) is 11.3 Å². The first kappa shape index (κ1) is 14.8. The fourth-order valence-corrected chi connectivity index (χ4v) is 2.52. The summed E-state index contributed by atoms with van der Waals surface area (Å²) in [5.74, 6) is 0.646. The monoisotopic (exact) mass is 277 g/mol. The van der Waals surface area contributed by atoms with Crippen LogP contribution in [0.25, 0.3) is 0 Å². The van der Waals surface area contributed by atoms with Gasteiger partial charge < -0.3 is 15.6 Å². The maximum absolute atomic E-state index is 9.96. The number of rotatable bonds is 4. The number of hydrogen-bond acceptors (Lipinski definition) is 4. The van der Waals surface area contributed by atoms with Crippen LogP contribution in [0.4, 0.5) is 0 Å². The van der Waals surface area contributed by atoms with Gasteiger partial charge >= 0.3 is 0 Å². The Morgan fingerprint density at radius 1 is 1.45 bits per heavy atom. The summed E-state index contributed by atoms with van der Waals surface area (Å²) in [5, 5.41) is 17.6. The summed E-state index contributed by atoms with van der Waals surface area (Å²) in [6.45, 7) is 4.47. The SMILES string of the molecule is COc1ccc(CN2CCC(C)(O)CC2)cc1C(=N)N. The molecule has 0 amide bonds. The first-order valence-electron chi connectivity index (χ1n) is 6.87. The second-order valence-corrected chi connectivity index (χ2v) is 5.72. The maximum atomic E-state index is 9.96. The highest BCUT2D eigenvalue weighted by Gasteiger charge is 2.27. The Hall–Kier alpha value is -1.59. The van der Waals surface area contributed by atoms with Gasteiger partial charge in [-0.15, -0.1) is 0 Å². The number of hydrogen-bond donors (Lipinski definition) is 3. The van der Waals surface area contributed by atoms with Crippen molar-refractivity contribution < 1.29 is 9.84 Å². The minimum Gasteiger partial charge on any atom is -0.496 e. The van der Waals surface area contributed by atoms with E-state index in [0.717, 1.165) is 38.0 Å².